The Labute approximate surface area is 131 Å². The van der Waals surface area contributed by atoms with Crippen LogP contribution in [0.3, 0.4) is 0 Å². The number of halogens is 3. The number of nitrogens with one attached hydrogen (secondary N) is 1. The fourth-order valence-corrected chi connectivity index (χ4v) is 2.32. The van der Waals surface area contributed by atoms with Gasteiger partial charge in [0.25, 0.3) is 0 Å². The second-order valence-corrected chi connectivity index (χ2v) is 5.42. The molecule has 0 bridgehead atoms. The van der Waals surface area contributed by atoms with Gasteiger partial charge in [0.2, 0.25) is 11.8 Å². The standard InChI is InChI=1S/C15H17F3N2O3/c16-15(17,18)11-3-1-9(2-4-11)7-12(13(19)21)20-14(22)10-5-6-23-8-10/h1-4,10,12H,5-8H2,(H2,19,21)(H,20,22)/t10-,12+/m0/s1. The van der Waals surface area contributed by atoms with Crippen LogP contribution in [0.2, 0.25) is 0 Å². The molecule has 1 saturated heterocycles. The molecule has 5 nitrogen and oxygen atoms in total. The highest BCUT2D eigenvalue weighted by Gasteiger charge is 2.30. The summed E-state index contributed by atoms with van der Waals surface area (Å²) in [5.74, 6) is -1.40. The van der Waals surface area contributed by atoms with Gasteiger partial charge >= 0.3 is 6.18 Å². The number of carbonyl (C=O) groups excluding carboxylic acids is 2. The third-order valence-corrected chi connectivity index (χ3v) is 3.68. The van der Waals surface area contributed by atoms with E-state index < -0.39 is 23.7 Å². The van der Waals surface area contributed by atoms with Gasteiger partial charge in [0.15, 0.2) is 0 Å². The maximum Gasteiger partial charge on any atom is 0.416 e. The van der Waals surface area contributed by atoms with Crippen molar-refractivity contribution in [2.24, 2.45) is 11.7 Å². The average Bonchev–Trinajstić information content (AvgIpc) is 3.00. The van der Waals surface area contributed by atoms with Crippen molar-refractivity contribution >= 4 is 11.8 Å². The first-order chi connectivity index (χ1) is 10.8. The molecular formula is C15H17F3N2O3. The lowest BCUT2D eigenvalue weighted by Crippen LogP contribution is -2.48. The van der Waals surface area contributed by atoms with Crippen molar-refractivity contribution in [3.63, 3.8) is 0 Å². The Morgan fingerprint density at radius 2 is 1.96 bits per heavy atom. The van der Waals surface area contributed by atoms with Crippen molar-refractivity contribution in [2.45, 2.75) is 25.1 Å². The van der Waals surface area contributed by atoms with Gasteiger partial charge in [-0.1, -0.05) is 12.1 Å². The maximum absolute atomic E-state index is 12.5. The number of hydrogen-bond donors (Lipinski definition) is 2. The Kier molecular flexibility index (Phi) is 5.25. The molecule has 8 heteroatoms. The zero-order valence-corrected chi connectivity index (χ0v) is 12.2. The van der Waals surface area contributed by atoms with Gasteiger partial charge in [-0.2, -0.15) is 13.2 Å². The summed E-state index contributed by atoms with van der Waals surface area (Å²) in [6, 6.07) is 3.42. The summed E-state index contributed by atoms with van der Waals surface area (Å²) in [5.41, 5.74) is 4.97. The molecule has 2 atom stereocenters. The fourth-order valence-electron chi connectivity index (χ4n) is 2.32. The first-order valence-corrected chi connectivity index (χ1v) is 7.11. The van der Waals surface area contributed by atoms with Crippen molar-refractivity contribution < 1.29 is 27.5 Å². The Balaban J connectivity index is 2.01. The largest absolute Gasteiger partial charge is 0.416 e. The smallest absolute Gasteiger partial charge is 0.381 e. The van der Waals surface area contributed by atoms with Crippen molar-refractivity contribution in [3.8, 4) is 0 Å². The van der Waals surface area contributed by atoms with Gasteiger partial charge in [0.1, 0.15) is 6.04 Å². The van der Waals surface area contributed by atoms with Crippen LogP contribution in [0.1, 0.15) is 17.5 Å². The van der Waals surface area contributed by atoms with Gasteiger partial charge in [-0.3, -0.25) is 9.59 Å². The average molecular weight is 330 g/mol. The molecule has 0 saturated carbocycles. The molecule has 0 radical (unpaired) electrons. The van der Waals surface area contributed by atoms with Crippen molar-refractivity contribution in [2.75, 3.05) is 13.2 Å². The Hall–Kier alpha value is -2.09. The maximum atomic E-state index is 12.5. The molecule has 1 aliphatic heterocycles. The molecular weight excluding hydrogens is 313 g/mol. The summed E-state index contributed by atoms with van der Waals surface area (Å²) >= 11 is 0. The lowest BCUT2D eigenvalue weighted by Gasteiger charge is -2.18. The van der Waals surface area contributed by atoms with Crippen molar-refractivity contribution in [1.29, 1.82) is 0 Å². The van der Waals surface area contributed by atoms with Gasteiger partial charge in [-0.25, -0.2) is 0 Å². The van der Waals surface area contributed by atoms with E-state index in [0.717, 1.165) is 12.1 Å². The Morgan fingerprint density at radius 1 is 1.30 bits per heavy atom. The summed E-state index contributed by atoms with van der Waals surface area (Å²) in [6.45, 7) is 0.774. The molecule has 1 heterocycles. The molecule has 0 spiro atoms. The predicted octanol–water partition coefficient (Wildman–Crippen LogP) is 1.25. The molecule has 0 unspecified atom stereocenters. The molecule has 0 aromatic heterocycles. The quantitative estimate of drug-likeness (QED) is 0.853. The number of amides is 2. The van der Waals surface area contributed by atoms with E-state index in [0.29, 0.717) is 18.6 Å². The highest BCUT2D eigenvalue weighted by Crippen LogP contribution is 2.29. The van der Waals surface area contributed by atoms with E-state index in [1.54, 1.807) is 0 Å². The van der Waals surface area contributed by atoms with Crippen LogP contribution in [0.15, 0.2) is 24.3 Å². The summed E-state index contributed by atoms with van der Waals surface area (Å²) < 4.78 is 42.6. The van der Waals surface area contributed by atoms with Crippen LogP contribution in [0, 0.1) is 5.92 Å². The van der Waals surface area contributed by atoms with E-state index in [1.165, 1.54) is 12.1 Å². The highest BCUT2D eigenvalue weighted by molar-refractivity contribution is 5.87. The molecule has 1 aromatic carbocycles. The molecule has 0 aliphatic carbocycles. The van der Waals surface area contributed by atoms with Crippen LogP contribution >= 0.6 is 0 Å². The molecule has 1 aromatic rings. The second kappa shape index (κ2) is 6.99. The Morgan fingerprint density at radius 3 is 2.43 bits per heavy atom. The van der Waals surface area contributed by atoms with Gasteiger partial charge in [0.05, 0.1) is 18.1 Å². The molecule has 2 rings (SSSR count). The predicted molar refractivity (Wildman–Crippen MR) is 75.2 cm³/mol. The third kappa shape index (κ3) is 4.69. The molecule has 126 valence electrons. The van der Waals surface area contributed by atoms with Crippen LogP contribution in [0.4, 0.5) is 13.2 Å². The number of alkyl halides is 3. The number of benzene rings is 1. The summed E-state index contributed by atoms with van der Waals surface area (Å²) in [4.78, 5) is 23.5. The van der Waals surface area contributed by atoms with Crippen molar-refractivity contribution in [3.05, 3.63) is 35.4 Å². The first-order valence-electron chi connectivity index (χ1n) is 7.11. The number of ether oxygens (including phenoxy) is 1. The van der Waals surface area contributed by atoms with Gasteiger partial charge in [-0.05, 0) is 24.1 Å². The summed E-state index contributed by atoms with van der Waals surface area (Å²) in [7, 11) is 0. The third-order valence-electron chi connectivity index (χ3n) is 3.68. The molecule has 1 fully saturated rings. The van der Waals surface area contributed by atoms with Gasteiger partial charge in [-0.15, -0.1) is 0 Å². The minimum absolute atomic E-state index is 0.0345. The zero-order valence-electron chi connectivity index (χ0n) is 12.2. The zero-order chi connectivity index (χ0) is 17.0. The van der Waals surface area contributed by atoms with Crippen LogP contribution in [0.25, 0.3) is 0 Å². The Bertz CT molecular complexity index is 566. The number of rotatable bonds is 5. The summed E-state index contributed by atoms with van der Waals surface area (Å²) in [5, 5.41) is 2.54. The SMILES string of the molecule is NC(=O)[C@@H](Cc1ccc(C(F)(F)F)cc1)NC(=O)[C@H]1CCOC1. The number of carbonyl (C=O) groups is 2. The van der Waals surface area contributed by atoms with E-state index in [4.69, 9.17) is 10.5 Å². The van der Waals surface area contributed by atoms with E-state index in [9.17, 15) is 22.8 Å². The summed E-state index contributed by atoms with van der Waals surface area (Å²) in [6.07, 6.45) is -3.82. The normalized spacial score (nSPS) is 19.3. The lowest BCUT2D eigenvalue weighted by atomic mass is 10.0. The number of primary amides is 1. The van der Waals surface area contributed by atoms with Crippen LogP contribution in [-0.2, 0) is 26.9 Å². The van der Waals surface area contributed by atoms with E-state index >= 15 is 0 Å². The van der Waals surface area contributed by atoms with Crippen LogP contribution < -0.4 is 11.1 Å². The van der Waals surface area contributed by atoms with E-state index in [1.807, 2.05) is 0 Å². The first kappa shape index (κ1) is 17.3. The molecule has 1 aliphatic rings. The minimum Gasteiger partial charge on any atom is -0.381 e. The van der Waals surface area contributed by atoms with Crippen LogP contribution in [-0.4, -0.2) is 31.1 Å². The second-order valence-electron chi connectivity index (χ2n) is 5.42. The van der Waals surface area contributed by atoms with E-state index in [-0.39, 0.29) is 24.9 Å². The highest BCUT2D eigenvalue weighted by atomic mass is 19.4. The fraction of sp³-hybridized carbons (Fsp3) is 0.467. The minimum atomic E-state index is -4.42. The molecule has 2 amide bonds. The van der Waals surface area contributed by atoms with Gasteiger partial charge in [0, 0.05) is 13.0 Å². The molecule has 3 N–H and O–H groups in total. The van der Waals surface area contributed by atoms with E-state index in [2.05, 4.69) is 5.32 Å². The number of nitrogens with two attached hydrogens (primary N) is 1. The van der Waals surface area contributed by atoms with Crippen LogP contribution in [0.5, 0.6) is 0 Å². The molecule has 23 heavy (non-hydrogen) atoms. The lowest BCUT2D eigenvalue weighted by molar-refractivity contribution is -0.137. The van der Waals surface area contributed by atoms with Gasteiger partial charge < -0.3 is 15.8 Å². The topological polar surface area (TPSA) is 81.4 Å². The van der Waals surface area contributed by atoms with Crippen molar-refractivity contribution in [1.82, 2.24) is 5.32 Å². The number of hydrogen-bond acceptors (Lipinski definition) is 3. The monoisotopic (exact) mass is 330 g/mol.